The van der Waals surface area contributed by atoms with Crippen LogP contribution in [0.15, 0.2) is 108 Å². The molecular weight excluding hydrogens is 448 g/mol. The Hall–Kier alpha value is -2.33. The highest BCUT2D eigenvalue weighted by Crippen LogP contribution is 2.37. The maximum atomic E-state index is 7.08. The monoisotopic (exact) mass is 484 g/mol. The Bertz CT molecular complexity index is 1140. The molecule has 0 aliphatic rings. The molecule has 0 spiro atoms. The van der Waals surface area contributed by atoms with Gasteiger partial charge in [0.1, 0.15) is 0 Å². The van der Waals surface area contributed by atoms with E-state index in [1.54, 1.807) is 0 Å². The van der Waals surface area contributed by atoms with Gasteiger partial charge in [0.15, 0.2) is 0 Å². The molecule has 34 heavy (non-hydrogen) atoms. The van der Waals surface area contributed by atoms with Gasteiger partial charge in [0.25, 0.3) is 8.32 Å². The van der Waals surface area contributed by atoms with Gasteiger partial charge >= 0.3 is 0 Å². The van der Waals surface area contributed by atoms with Crippen LogP contribution in [0.3, 0.4) is 0 Å². The average molecular weight is 485 g/mol. The topological polar surface area (TPSA) is 9.23 Å². The largest absolute Gasteiger partial charge is 0.407 e. The van der Waals surface area contributed by atoms with Crippen LogP contribution in [0.25, 0.3) is 10.8 Å². The fourth-order valence-corrected chi connectivity index (χ4v) is 10.4. The molecule has 0 aromatic heterocycles. The number of thioether (sulfide) groups is 1. The molecular formula is C31H36OSSi. The minimum absolute atomic E-state index is 0.0266. The summed E-state index contributed by atoms with van der Waals surface area (Å²) in [5.74, 6) is 1.68. The van der Waals surface area contributed by atoms with Crippen LogP contribution in [0.5, 0.6) is 0 Å². The van der Waals surface area contributed by atoms with Crippen molar-refractivity contribution in [3.05, 3.63) is 103 Å². The molecule has 3 heteroatoms. The van der Waals surface area contributed by atoms with Crippen LogP contribution in [0.1, 0.15) is 34.1 Å². The van der Waals surface area contributed by atoms with E-state index in [9.17, 15) is 0 Å². The normalized spacial score (nSPS) is 13.2. The van der Waals surface area contributed by atoms with Gasteiger partial charge in [-0.2, -0.15) is 0 Å². The lowest BCUT2D eigenvalue weighted by molar-refractivity contribution is 0.274. The highest BCUT2D eigenvalue weighted by Gasteiger charge is 2.49. The van der Waals surface area contributed by atoms with E-state index in [0.29, 0.717) is 5.92 Å². The van der Waals surface area contributed by atoms with Gasteiger partial charge < -0.3 is 4.43 Å². The minimum atomic E-state index is -2.44. The van der Waals surface area contributed by atoms with Crippen molar-refractivity contribution >= 4 is 41.2 Å². The van der Waals surface area contributed by atoms with Crippen LogP contribution in [-0.4, -0.2) is 20.7 Å². The first-order valence-electron chi connectivity index (χ1n) is 12.3. The van der Waals surface area contributed by atoms with Gasteiger partial charge in [-0.25, -0.2) is 0 Å². The molecule has 0 fully saturated rings. The Morgan fingerprint density at radius 2 is 1.29 bits per heavy atom. The molecule has 0 radical (unpaired) electrons. The molecule has 4 aromatic carbocycles. The zero-order valence-electron chi connectivity index (χ0n) is 20.8. The summed E-state index contributed by atoms with van der Waals surface area (Å²) in [7, 11) is -2.44. The summed E-state index contributed by atoms with van der Waals surface area (Å²) in [6, 6.07) is 37.2. The Morgan fingerprint density at radius 1 is 0.735 bits per heavy atom. The zero-order chi connectivity index (χ0) is 24.0. The van der Waals surface area contributed by atoms with Crippen LogP contribution in [-0.2, 0) is 4.43 Å². The lowest BCUT2D eigenvalue weighted by atomic mass is 10.1. The molecule has 0 aliphatic heterocycles. The van der Waals surface area contributed by atoms with E-state index in [4.69, 9.17) is 4.43 Å². The van der Waals surface area contributed by atoms with Crippen molar-refractivity contribution in [1.82, 2.24) is 0 Å². The second-order valence-electron chi connectivity index (χ2n) is 10.2. The zero-order valence-corrected chi connectivity index (χ0v) is 22.6. The maximum absolute atomic E-state index is 7.08. The Kier molecular flexibility index (Phi) is 7.97. The minimum Gasteiger partial charge on any atom is -0.407 e. The SMILES string of the molecule is CC(CCO[Si](c1ccccc1)(c1ccccc1)C(C)(C)C)CSc1ccc2ccccc2c1. The van der Waals surface area contributed by atoms with E-state index in [1.807, 2.05) is 11.8 Å². The molecule has 1 nitrogen and oxygen atoms in total. The number of fused-ring (bicyclic) bond motifs is 1. The maximum Gasteiger partial charge on any atom is 0.261 e. The van der Waals surface area contributed by atoms with Gasteiger partial charge in [-0.3, -0.25) is 0 Å². The standard InChI is InChI=1S/C31H36OSSi/c1-25(24-33-28-20-19-26-13-11-12-14-27(26)23-28)21-22-32-34(31(2,3)4,29-15-7-5-8-16-29)30-17-9-6-10-18-30/h5-20,23,25H,21-22,24H2,1-4H3. The van der Waals surface area contributed by atoms with Crippen molar-refractivity contribution in [3.63, 3.8) is 0 Å². The molecule has 0 amide bonds. The Balaban J connectivity index is 1.46. The van der Waals surface area contributed by atoms with E-state index >= 15 is 0 Å². The van der Waals surface area contributed by atoms with Crippen LogP contribution in [0.4, 0.5) is 0 Å². The summed E-state index contributed by atoms with van der Waals surface area (Å²) in [4.78, 5) is 1.35. The lowest BCUT2D eigenvalue weighted by Gasteiger charge is -2.43. The summed E-state index contributed by atoms with van der Waals surface area (Å²) in [5.41, 5.74) is 0. The van der Waals surface area contributed by atoms with Gasteiger partial charge in [0.05, 0.1) is 0 Å². The molecule has 0 bridgehead atoms. The molecule has 0 N–H and O–H groups in total. The number of hydrogen-bond donors (Lipinski definition) is 0. The van der Waals surface area contributed by atoms with Crippen molar-refractivity contribution in [3.8, 4) is 0 Å². The van der Waals surface area contributed by atoms with E-state index in [-0.39, 0.29) is 5.04 Å². The molecule has 0 saturated heterocycles. The molecule has 0 saturated carbocycles. The van der Waals surface area contributed by atoms with Crippen molar-refractivity contribution in [2.24, 2.45) is 5.92 Å². The first kappa shape index (κ1) is 24.8. The molecule has 0 aliphatic carbocycles. The highest BCUT2D eigenvalue weighted by atomic mass is 32.2. The fourth-order valence-electron chi connectivity index (χ4n) is 4.75. The lowest BCUT2D eigenvalue weighted by Crippen LogP contribution is -2.66. The summed E-state index contributed by atoms with van der Waals surface area (Å²) < 4.78 is 7.08. The fraction of sp³-hybridized carbons (Fsp3) is 0.290. The summed E-state index contributed by atoms with van der Waals surface area (Å²) in [6.45, 7) is 10.2. The van der Waals surface area contributed by atoms with Crippen molar-refractivity contribution in [2.75, 3.05) is 12.4 Å². The molecule has 0 heterocycles. The third-order valence-electron chi connectivity index (χ3n) is 6.60. The first-order chi connectivity index (χ1) is 16.4. The Morgan fingerprint density at radius 3 is 1.88 bits per heavy atom. The molecule has 4 rings (SSSR count). The third kappa shape index (κ3) is 5.49. The second-order valence-corrected chi connectivity index (χ2v) is 15.6. The summed E-state index contributed by atoms with van der Waals surface area (Å²) >= 11 is 1.96. The quantitative estimate of drug-likeness (QED) is 0.179. The van der Waals surface area contributed by atoms with Gasteiger partial charge in [-0.15, -0.1) is 11.8 Å². The van der Waals surface area contributed by atoms with Crippen LogP contribution in [0.2, 0.25) is 5.04 Å². The summed E-state index contributed by atoms with van der Waals surface area (Å²) in [5, 5.41) is 5.35. The third-order valence-corrected chi connectivity index (χ3v) is 13.0. The van der Waals surface area contributed by atoms with Gasteiger partial charge in [-0.05, 0) is 50.7 Å². The number of benzene rings is 4. The molecule has 4 aromatic rings. The highest BCUT2D eigenvalue weighted by molar-refractivity contribution is 7.99. The smallest absolute Gasteiger partial charge is 0.261 e. The van der Waals surface area contributed by atoms with Crippen LogP contribution >= 0.6 is 11.8 Å². The van der Waals surface area contributed by atoms with Crippen molar-refractivity contribution < 1.29 is 4.43 Å². The van der Waals surface area contributed by atoms with Crippen molar-refractivity contribution in [2.45, 2.75) is 44.0 Å². The van der Waals surface area contributed by atoms with Gasteiger partial charge in [-0.1, -0.05) is 119 Å². The first-order valence-corrected chi connectivity index (χ1v) is 15.2. The van der Waals surface area contributed by atoms with Gasteiger partial charge in [0, 0.05) is 17.3 Å². The van der Waals surface area contributed by atoms with Crippen LogP contribution in [0, 0.1) is 5.92 Å². The molecule has 1 unspecified atom stereocenters. The molecule has 176 valence electrons. The second kappa shape index (κ2) is 10.9. The van der Waals surface area contributed by atoms with Crippen molar-refractivity contribution in [1.29, 1.82) is 0 Å². The van der Waals surface area contributed by atoms with E-state index in [1.165, 1.54) is 26.0 Å². The predicted octanol–water partition coefficient (Wildman–Crippen LogP) is 7.53. The molecule has 1 atom stereocenters. The van der Waals surface area contributed by atoms with E-state index in [2.05, 4.69) is 131 Å². The number of hydrogen-bond acceptors (Lipinski definition) is 2. The summed E-state index contributed by atoms with van der Waals surface area (Å²) in [6.07, 6.45) is 1.06. The Labute approximate surface area is 210 Å². The van der Waals surface area contributed by atoms with Crippen LogP contribution < -0.4 is 10.4 Å². The van der Waals surface area contributed by atoms with E-state index in [0.717, 1.165) is 18.8 Å². The average Bonchev–Trinajstić information content (AvgIpc) is 2.85. The predicted molar refractivity (Wildman–Crippen MR) is 152 cm³/mol. The number of rotatable bonds is 9. The van der Waals surface area contributed by atoms with Gasteiger partial charge in [0.2, 0.25) is 0 Å². The van der Waals surface area contributed by atoms with E-state index < -0.39 is 8.32 Å².